The Labute approximate surface area is 76.6 Å². The normalized spacial score (nSPS) is 8.50. The first-order valence-electron chi connectivity index (χ1n) is 4.44. The van der Waals surface area contributed by atoms with Crippen LogP contribution in [0.5, 0.6) is 0 Å². The molecule has 78 valence electrons. The van der Waals surface area contributed by atoms with Gasteiger partial charge in [-0.1, -0.05) is 6.92 Å². The predicted molar refractivity (Wildman–Crippen MR) is 54.1 cm³/mol. The lowest BCUT2D eigenvalue weighted by molar-refractivity contribution is 0.215. The molecule has 4 N–H and O–H groups in total. The summed E-state index contributed by atoms with van der Waals surface area (Å²) in [6.07, 6.45) is 0.764. The van der Waals surface area contributed by atoms with Gasteiger partial charge in [0.15, 0.2) is 0 Å². The first-order valence-corrected chi connectivity index (χ1v) is 4.44. The third kappa shape index (κ3) is 1010. The lowest BCUT2D eigenvalue weighted by atomic mass is 10.5. The molecule has 0 aliphatic heterocycles. The quantitative estimate of drug-likeness (QED) is 0.565. The van der Waals surface area contributed by atoms with E-state index in [0.717, 1.165) is 13.0 Å². The van der Waals surface area contributed by atoms with Crippen LogP contribution in [0.15, 0.2) is 0 Å². The second kappa shape index (κ2) is 17.1. The molecule has 12 heavy (non-hydrogen) atoms. The van der Waals surface area contributed by atoms with E-state index >= 15 is 0 Å². The third-order valence-electron chi connectivity index (χ3n) is 0.289. The molecule has 0 atom stereocenters. The molecule has 0 unspecified atom stereocenters. The van der Waals surface area contributed by atoms with Gasteiger partial charge in [-0.2, -0.15) is 0 Å². The highest BCUT2D eigenvalue weighted by atomic mass is 16.3. The van der Waals surface area contributed by atoms with Crippen LogP contribution in [-0.2, 0) is 0 Å². The third-order valence-corrected chi connectivity index (χ3v) is 0.289. The maximum atomic E-state index is 8.06. The fraction of sp³-hybridized carbons (Fsp3) is 1.00. The molecule has 0 rings (SSSR count). The monoisotopic (exact) mass is 179 g/mol. The van der Waals surface area contributed by atoms with Crippen molar-refractivity contribution in [3.05, 3.63) is 0 Å². The predicted octanol–water partition coefficient (Wildman–Crippen LogP) is 1.13. The lowest BCUT2D eigenvalue weighted by Crippen LogP contribution is -1.93. The number of aliphatic hydroxyl groups is 2. The number of nitrogens with two attached hydrogens (primary N) is 1. The van der Waals surface area contributed by atoms with E-state index in [9.17, 15) is 0 Å². The smallest absolute Gasteiger partial charge is 0.0483 e. The first-order chi connectivity index (χ1) is 5.38. The molecule has 0 aromatic heterocycles. The van der Waals surface area contributed by atoms with Gasteiger partial charge in [-0.05, 0) is 40.7 Å². The van der Waals surface area contributed by atoms with Crippen LogP contribution in [0, 0.1) is 0 Å². The Kier molecular flexibility index (Phi) is 25.4. The van der Waals surface area contributed by atoms with Gasteiger partial charge >= 0.3 is 0 Å². The summed E-state index contributed by atoms with van der Waals surface area (Å²) in [5.74, 6) is 0. The summed E-state index contributed by atoms with van der Waals surface area (Å²) in [5.41, 5.74) is 5.03. The molecule has 0 saturated heterocycles. The maximum absolute atomic E-state index is 8.06. The van der Waals surface area contributed by atoms with E-state index in [4.69, 9.17) is 15.9 Å². The highest BCUT2D eigenvalue weighted by Gasteiger charge is 1.69. The number of hydrogen-bond donors (Lipinski definition) is 3. The Morgan fingerprint density at radius 3 is 1.08 bits per heavy atom. The molecule has 0 aliphatic carbocycles. The van der Waals surface area contributed by atoms with Crippen LogP contribution in [-0.4, -0.2) is 29.0 Å². The maximum Gasteiger partial charge on any atom is 0.0483 e. The molecule has 0 fully saturated rings. The van der Waals surface area contributed by atoms with E-state index < -0.39 is 0 Å². The molecule has 0 spiro atoms. The Morgan fingerprint density at radius 1 is 1.00 bits per heavy atom. The zero-order valence-corrected chi connectivity index (χ0v) is 9.04. The summed E-state index contributed by atoms with van der Waals surface area (Å²) in [6.45, 7) is 9.76. The fourth-order valence-electron chi connectivity index (χ4n) is 0. The average Bonchev–Trinajstić information content (AvgIpc) is 1.85. The van der Waals surface area contributed by atoms with Crippen molar-refractivity contribution in [2.75, 3.05) is 6.54 Å². The Balaban J connectivity index is -0.000000101. The minimum atomic E-state index is -0.167. The summed E-state index contributed by atoms with van der Waals surface area (Å²) < 4.78 is 0. The average molecular weight is 179 g/mol. The molecular formula is C9H25NO2. The zero-order chi connectivity index (χ0) is 10.6. The van der Waals surface area contributed by atoms with Crippen LogP contribution in [0.3, 0.4) is 0 Å². The van der Waals surface area contributed by atoms with Gasteiger partial charge in [0.25, 0.3) is 0 Å². The van der Waals surface area contributed by atoms with E-state index in [1.54, 1.807) is 27.7 Å². The second-order valence-corrected chi connectivity index (χ2v) is 2.98. The van der Waals surface area contributed by atoms with Crippen molar-refractivity contribution in [1.82, 2.24) is 0 Å². The largest absolute Gasteiger partial charge is 0.394 e. The number of aliphatic hydroxyl groups excluding tert-OH is 2. The number of rotatable bonds is 1. The molecular weight excluding hydrogens is 154 g/mol. The van der Waals surface area contributed by atoms with E-state index in [2.05, 4.69) is 6.92 Å². The molecule has 0 saturated carbocycles. The van der Waals surface area contributed by atoms with Crippen LogP contribution >= 0.6 is 0 Å². The van der Waals surface area contributed by atoms with Crippen LogP contribution in [0.4, 0.5) is 0 Å². The topological polar surface area (TPSA) is 66.5 Å². The van der Waals surface area contributed by atoms with Gasteiger partial charge in [-0.15, -0.1) is 0 Å². The number of hydrogen-bond acceptors (Lipinski definition) is 3. The summed E-state index contributed by atoms with van der Waals surface area (Å²) in [6, 6.07) is 0. The summed E-state index contributed by atoms with van der Waals surface area (Å²) in [5, 5.41) is 16.1. The van der Waals surface area contributed by atoms with E-state index in [-0.39, 0.29) is 12.2 Å². The molecule has 0 heterocycles. The summed E-state index contributed by atoms with van der Waals surface area (Å²) in [4.78, 5) is 0. The fourth-order valence-corrected chi connectivity index (χ4v) is 0. The molecule has 0 radical (unpaired) electrons. The van der Waals surface area contributed by atoms with Crippen molar-refractivity contribution < 1.29 is 10.2 Å². The van der Waals surface area contributed by atoms with Crippen LogP contribution in [0.1, 0.15) is 41.0 Å². The van der Waals surface area contributed by atoms with Crippen molar-refractivity contribution in [3.63, 3.8) is 0 Å². The van der Waals surface area contributed by atoms with Gasteiger partial charge in [0.05, 0.1) is 0 Å². The van der Waals surface area contributed by atoms with Crippen LogP contribution in [0.2, 0.25) is 0 Å². The molecule has 0 amide bonds. The summed E-state index contributed by atoms with van der Waals surface area (Å²) in [7, 11) is 0. The molecule has 3 nitrogen and oxygen atoms in total. The van der Waals surface area contributed by atoms with Crippen molar-refractivity contribution in [1.29, 1.82) is 0 Å². The van der Waals surface area contributed by atoms with Crippen LogP contribution < -0.4 is 5.73 Å². The van der Waals surface area contributed by atoms with E-state index in [1.165, 1.54) is 0 Å². The van der Waals surface area contributed by atoms with Gasteiger partial charge < -0.3 is 15.9 Å². The molecule has 0 aromatic carbocycles. The standard InChI is InChI=1S/C3H9N.2C3H8O/c1-2-3-4;2*1-3(2)4/h2-4H2,1H3;2*3-4H,1-2H3. The SMILES string of the molecule is CC(C)O.CC(C)O.CCCN. The molecule has 0 bridgehead atoms. The first kappa shape index (κ1) is 17.8. The van der Waals surface area contributed by atoms with Crippen LogP contribution in [0.25, 0.3) is 0 Å². The zero-order valence-electron chi connectivity index (χ0n) is 9.04. The van der Waals surface area contributed by atoms with E-state index in [1.807, 2.05) is 0 Å². The lowest BCUT2D eigenvalue weighted by Gasteiger charge is -1.80. The highest BCUT2D eigenvalue weighted by molar-refractivity contribution is 4.21. The Bertz CT molecular complexity index is 43.0. The Morgan fingerprint density at radius 2 is 1.08 bits per heavy atom. The molecule has 3 heteroatoms. The van der Waals surface area contributed by atoms with Gasteiger partial charge in [0.1, 0.15) is 0 Å². The van der Waals surface area contributed by atoms with E-state index in [0.29, 0.717) is 0 Å². The van der Waals surface area contributed by atoms with Gasteiger partial charge in [-0.25, -0.2) is 0 Å². The van der Waals surface area contributed by atoms with Crippen molar-refractivity contribution in [2.24, 2.45) is 5.73 Å². The molecule has 0 aliphatic rings. The minimum absolute atomic E-state index is 0.167. The second-order valence-electron chi connectivity index (χ2n) is 2.98. The Hall–Kier alpha value is -0.120. The van der Waals surface area contributed by atoms with Gasteiger partial charge in [-0.3, -0.25) is 0 Å². The van der Waals surface area contributed by atoms with Crippen molar-refractivity contribution >= 4 is 0 Å². The molecule has 0 aromatic rings. The minimum Gasteiger partial charge on any atom is -0.394 e. The highest BCUT2D eigenvalue weighted by Crippen LogP contribution is 1.65. The van der Waals surface area contributed by atoms with Gasteiger partial charge in [0.2, 0.25) is 0 Å². The summed E-state index contributed by atoms with van der Waals surface area (Å²) >= 11 is 0. The van der Waals surface area contributed by atoms with Crippen molar-refractivity contribution in [3.8, 4) is 0 Å². The van der Waals surface area contributed by atoms with Crippen molar-refractivity contribution in [2.45, 2.75) is 53.2 Å². The van der Waals surface area contributed by atoms with Gasteiger partial charge in [0, 0.05) is 12.2 Å².